The summed E-state index contributed by atoms with van der Waals surface area (Å²) in [6.45, 7) is 1.58. The molecule has 0 saturated heterocycles. The molecule has 5 rings (SSSR count). The molecule has 3 aromatic carbocycles. The topological polar surface area (TPSA) is 115 Å². The number of nitrogens with zero attached hydrogens (tertiary/aromatic N) is 5. The number of hydrogen-bond acceptors (Lipinski definition) is 7. The van der Waals surface area contributed by atoms with Gasteiger partial charge in [-0.05, 0) is 59.7 Å². The summed E-state index contributed by atoms with van der Waals surface area (Å²) in [7, 11) is 1.53. The molecule has 0 bridgehead atoms. The number of amides is 2. The maximum atomic E-state index is 15.3. The maximum Gasteiger partial charge on any atom is 0.251 e. The molecule has 1 atom stereocenters. The van der Waals surface area contributed by atoms with E-state index in [0.717, 1.165) is 15.3 Å². The SMILES string of the molecule is COc1ccc(C(C(=O)NCc2ccccc2)N(C(=O)Cn2nnc(-c3ccc(C)o3)n2)c2ccccc2F)cc1. The molecule has 10 nitrogen and oxygen atoms in total. The standard InChI is InChI=1S/C30H27FN6O4/c1-20-12-17-26(41-20)29-33-35-36(34-29)19-27(38)37(25-11-7-6-10-24(25)31)28(22-13-15-23(40-2)16-14-22)30(39)32-18-21-8-4-3-5-9-21/h3-17,28H,18-19H2,1-2H3,(H,32,39). The van der Waals surface area contributed by atoms with Gasteiger partial charge in [-0.15, -0.1) is 10.2 Å². The lowest BCUT2D eigenvalue weighted by Crippen LogP contribution is -2.45. The second-order valence-electron chi connectivity index (χ2n) is 9.15. The van der Waals surface area contributed by atoms with E-state index >= 15 is 4.39 Å². The monoisotopic (exact) mass is 554 g/mol. The van der Waals surface area contributed by atoms with Crippen molar-refractivity contribution in [2.75, 3.05) is 12.0 Å². The van der Waals surface area contributed by atoms with Gasteiger partial charge in [0.1, 0.15) is 29.9 Å². The number of carbonyl (C=O) groups is 2. The van der Waals surface area contributed by atoms with Crippen LogP contribution in [0.2, 0.25) is 0 Å². The Morgan fingerprint density at radius 3 is 2.41 bits per heavy atom. The zero-order valence-electron chi connectivity index (χ0n) is 22.4. The van der Waals surface area contributed by atoms with Gasteiger partial charge >= 0.3 is 0 Å². The molecule has 11 heteroatoms. The van der Waals surface area contributed by atoms with Gasteiger partial charge in [0, 0.05) is 6.54 Å². The highest BCUT2D eigenvalue weighted by molar-refractivity contribution is 6.01. The van der Waals surface area contributed by atoms with Crippen LogP contribution < -0.4 is 15.0 Å². The number of methoxy groups -OCH3 is 1. The Morgan fingerprint density at radius 1 is 1.00 bits per heavy atom. The number of anilines is 1. The highest BCUT2D eigenvalue weighted by atomic mass is 19.1. The number of nitrogens with one attached hydrogen (secondary N) is 1. The molecular formula is C30H27FN6O4. The summed E-state index contributed by atoms with van der Waals surface area (Å²) in [6, 6.07) is 24.0. The van der Waals surface area contributed by atoms with Crippen molar-refractivity contribution in [2.45, 2.75) is 26.1 Å². The predicted molar refractivity (Wildman–Crippen MR) is 148 cm³/mol. The van der Waals surface area contributed by atoms with E-state index in [0.29, 0.717) is 22.8 Å². The largest absolute Gasteiger partial charge is 0.497 e. The van der Waals surface area contributed by atoms with Gasteiger partial charge in [-0.1, -0.05) is 54.6 Å². The lowest BCUT2D eigenvalue weighted by atomic mass is 10.0. The fraction of sp³-hybridized carbons (Fsp3) is 0.167. The van der Waals surface area contributed by atoms with Crippen molar-refractivity contribution in [3.05, 3.63) is 114 Å². The van der Waals surface area contributed by atoms with Gasteiger partial charge in [-0.2, -0.15) is 4.80 Å². The Hall–Kier alpha value is -5.32. The fourth-order valence-electron chi connectivity index (χ4n) is 4.31. The molecular weight excluding hydrogens is 527 g/mol. The number of rotatable bonds is 10. The summed E-state index contributed by atoms with van der Waals surface area (Å²) >= 11 is 0. The van der Waals surface area contributed by atoms with E-state index in [-0.39, 0.29) is 18.1 Å². The van der Waals surface area contributed by atoms with E-state index in [1.807, 2.05) is 30.3 Å². The Balaban J connectivity index is 1.51. The first-order valence-electron chi connectivity index (χ1n) is 12.8. The number of benzene rings is 3. The van der Waals surface area contributed by atoms with E-state index in [4.69, 9.17) is 9.15 Å². The Bertz CT molecular complexity index is 1630. The third-order valence-corrected chi connectivity index (χ3v) is 6.32. The zero-order valence-corrected chi connectivity index (χ0v) is 22.4. The van der Waals surface area contributed by atoms with Crippen molar-refractivity contribution < 1.29 is 23.1 Å². The smallest absolute Gasteiger partial charge is 0.251 e. The predicted octanol–water partition coefficient (Wildman–Crippen LogP) is 4.48. The normalized spacial score (nSPS) is 11.6. The van der Waals surface area contributed by atoms with Crippen LogP contribution in [0, 0.1) is 12.7 Å². The summed E-state index contributed by atoms with van der Waals surface area (Å²) in [4.78, 5) is 30.0. The first-order valence-corrected chi connectivity index (χ1v) is 12.8. The van der Waals surface area contributed by atoms with E-state index in [2.05, 4.69) is 20.7 Å². The van der Waals surface area contributed by atoms with Crippen LogP contribution in [-0.2, 0) is 22.7 Å². The average molecular weight is 555 g/mol. The first-order chi connectivity index (χ1) is 19.9. The molecule has 0 fully saturated rings. The van der Waals surface area contributed by atoms with Crippen LogP contribution in [0.25, 0.3) is 11.6 Å². The minimum absolute atomic E-state index is 0.0739. The lowest BCUT2D eigenvalue weighted by molar-refractivity contribution is -0.127. The summed E-state index contributed by atoms with van der Waals surface area (Å²) in [6.07, 6.45) is 0. The van der Waals surface area contributed by atoms with Crippen molar-refractivity contribution in [1.29, 1.82) is 0 Å². The van der Waals surface area contributed by atoms with Crippen LogP contribution in [0.5, 0.6) is 5.75 Å². The lowest BCUT2D eigenvalue weighted by Gasteiger charge is -2.31. The quantitative estimate of drug-likeness (QED) is 0.271. The van der Waals surface area contributed by atoms with Crippen LogP contribution in [0.1, 0.15) is 22.9 Å². The van der Waals surface area contributed by atoms with Gasteiger partial charge in [0.25, 0.3) is 5.91 Å². The molecule has 0 aliphatic carbocycles. The van der Waals surface area contributed by atoms with Crippen LogP contribution >= 0.6 is 0 Å². The van der Waals surface area contributed by atoms with Gasteiger partial charge in [-0.3, -0.25) is 14.5 Å². The number of furan rings is 1. The molecule has 41 heavy (non-hydrogen) atoms. The summed E-state index contributed by atoms with van der Waals surface area (Å²) in [5.74, 6) is 0.00229. The Morgan fingerprint density at radius 2 is 1.73 bits per heavy atom. The van der Waals surface area contributed by atoms with E-state index in [1.165, 1.54) is 25.3 Å². The van der Waals surface area contributed by atoms with Crippen LogP contribution in [-0.4, -0.2) is 39.1 Å². The number of aryl methyl sites for hydroxylation is 1. The summed E-state index contributed by atoms with van der Waals surface area (Å²) in [5.41, 5.74) is 1.24. The van der Waals surface area contributed by atoms with Gasteiger partial charge in [0.15, 0.2) is 5.76 Å². The molecule has 208 valence electrons. The van der Waals surface area contributed by atoms with Gasteiger partial charge < -0.3 is 14.5 Å². The number of tetrazole rings is 1. The summed E-state index contributed by atoms with van der Waals surface area (Å²) in [5, 5.41) is 15.1. The van der Waals surface area contributed by atoms with Gasteiger partial charge in [0.05, 0.1) is 12.8 Å². The zero-order chi connectivity index (χ0) is 28.8. The van der Waals surface area contributed by atoms with Crippen molar-refractivity contribution in [1.82, 2.24) is 25.5 Å². The third-order valence-electron chi connectivity index (χ3n) is 6.32. The van der Waals surface area contributed by atoms with Gasteiger partial charge in [-0.25, -0.2) is 4.39 Å². The number of para-hydroxylation sites is 1. The van der Waals surface area contributed by atoms with Crippen LogP contribution in [0.3, 0.4) is 0 Å². The minimum Gasteiger partial charge on any atom is -0.497 e. The Kier molecular flexibility index (Phi) is 8.14. The first kappa shape index (κ1) is 27.3. The summed E-state index contributed by atoms with van der Waals surface area (Å²) < 4.78 is 26.1. The highest BCUT2D eigenvalue weighted by Gasteiger charge is 2.34. The van der Waals surface area contributed by atoms with Crippen molar-refractivity contribution >= 4 is 17.5 Å². The minimum atomic E-state index is -1.23. The Labute approximate surface area is 235 Å². The van der Waals surface area contributed by atoms with Crippen molar-refractivity contribution in [2.24, 2.45) is 0 Å². The van der Waals surface area contributed by atoms with Crippen LogP contribution in [0.15, 0.2) is 95.4 Å². The number of halogens is 1. The number of hydrogen-bond donors (Lipinski definition) is 1. The van der Waals surface area contributed by atoms with Crippen molar-refractivity contribution in [3.8, 4) is 17.3 Å². The molecule has 2 amide bonds. The maximum absolute atomic E-state index is 15.3. The number of carbonyl (C=O) groups excluding carboxylic acids is 2. The highest BCUT2D eigenvalue weighted by Crippen LogP contribution is 2.31. The molecule has 0 radical (unpaired) electrons. The van der Waals surface area contributed by atoms with E-state index in [1.54, 1.807) is 49.4 Å². The molecule has 0 saturated carbocycles. The molecule has 1 unspecified atom stereocenters. The van der Waals surface area contributed by atoms with E-state index in [9.17, 15) is 9.59 Å². The molecule has 2 heterocycles. The number of ether oxygens (including phenoxy) is 1. The second-order valence-corrected chi connectivity index (χ2v) is 9.15. The third kappa shape index (κ3) is 6.30. The fourth-order valence-corrected chi connectivity index (χ4v) is 4.31. The molecule has 2 aromatic heterocycles. The van der Waals surface area contributed by atoms with E-state index < -0.39 is 30.2 Å². The van der Waals surface area contributed by atoms with Gasteiger partial charge in [0.2, 0.25) is 11.7 Å². The molecule has 0 spiro atoms. The molecule has 1 N–H and O–H groups in total. The number of aromatic nitrogens is 4. The second kappa shape index (κ2) is 12.2. The molecule has 0 aliphatic heterocycles. The molecule has 0 aliphatic rings. The average Bonchev–Trinajstić information content (AvgIpc) is 3.64. The van der Waals surface area contributed by atoms with Crippen molar-refractivity contribution in [3.63, 3.8) is 0 Å². The van der Waals surface area contributed by atoms with Crippen LogP contribution in [0.4, 0.5) is 10.1 Å². The molecule has 5 aromatic rings.